The summed E-state index contributed by atoms with van der Waals surface area (Å²) in [5, 5.41) is 7.21. The first kappa shape index (κ1) is 21.1. The minimum absolute atomic E-state index is 0.112. The van der Waals surface area contributed by atoms with E-state index in [9.17, 15) is 4.79 Å². The quantitative estimate of drug-likeness (QED) is 0.323. The number of rotatable bonds is 10. The average Bonchev–Trinajstić information content (AvgIpc) is 3.22. The number of aryl methyl sites for hydroxylation is 1. The number of carbonyl (C=O) groups is 1. The van der Waals surface area contributed by atoms with Gasteiger partial charge in [0.1, 0.15) is 0 Å². The van der Waals surface area contributed by atoms with Crippen LogP contribution in [-0.4, -0.2) is 16.9 Å². The lowest BCUT2D eigenvalue weighted by atomic mass is 10.1. The van der Waals surface area contributed by atoms with Crippen LogP contribution < -0.4 is 10.6 Å². The fourth-order valence-electron chi connectivity index (χ4n) is 3.29. The van der Waals surface area contributed by atoms with Gasteiger partial charge in [-0.15, -0.1) is 0 Å². The molecule has 0 radical (unpaired) electrons. The third-order valence-electron chi connectivity index (χ3n) is 4.86. The second kappa shape index (κ2) is 11.4. The molecule has 0 spiro atoms. The number of benzene rings is 2. The van der Waals surface area contributed by atoms with E-state index in [1.165, 1.54) is 30.6 Å². The van der Waals surface area contributed by atoms with Gasteiger partial charge in [-0.3, -0.25) is 4.79 Å². The average molecular weight is 415 g/mol. The summed E-state index contributed by atoms with van der Waals surface area (Å²) < 4.78 is 0. The molecule has 2 aromatic carbocycles. The molecular weight excluding hydrogens is 384 g/mol. The summed E-state index contributed by atoms with van der Waals surface area (Å²) in [7, 11) is 4.00. The number of hydrogen-bond acceptors (Lipinski definition) is 4. The number of amides is 1. The molecule has 150 valence electrons. The molecular formula is C23H30N2OS2. The number of hydrogen-bond donors (Lipinski definition) is 2. The summed E-state index contributed by atoms with van der Waals surface area (Å²) in [6.07, 6.45) is 7.57. The monoisotopic (exact) mass is 414 g/mol. The van der Waals surface area contributed by atoms with Crippen molar-refractivity contribution in [3.8, 4) is 0 Å². The lowest BCUT2D eigenvalue weighted by molar-refractivity contribution is -0.116. The highest BCUT2D eigenvalue weighted by atomic mass is 33.1. The Morgan fingerprint density at radius 3 is 2.32 bits per heavy atom. The predicted molar refractivity (Wildman–Crippen MR) is 126 cm³/mol. The van der Waals surface area contributed by atoms with E-state index in [4.69, 9.17) is 0 Å². The lowest BCUT2D eigenvalue weighted by Crippen LogP contribution is -2.11. The molecule has 0 bridgehead atoms. The molecule has 0 saturated carbocycles. The second-order valence-corrected chi connectivity index (χ2v) is 10.1. The van der Waals surface area contributed by atoms with Gasteiger partial charge in [-0.2, -0.15) is 0 Å². The Labute approximate surface area is 176 Å². The zero-order valence-corrected chi connectivity index (χ0v) is 18.2. The van der Waals surface area contributed by atoms with Gasteiger partial charge >= 0.3 is 0 Å². The van der Waals surface area contributed by atoms with Crippen molar-refractivity contribution in [2.24, 2.45) is 0 Å². The van der Waals surface area contributed by atoms with E-state index < -0.39 is 0 Å². The van der Waals surface area contributed by atoms with Crippen molar-refractivity contribution in [2.45, 2.75) is 57.1 Å². The molecule has 1 unspecified atom stereocenters. The molecule has 28 heavy (non-hydrogen) atoms. The van der Waals surface area contributed by atoms with Gasteiger partial charge in [0.05, 0.1) is 0 Å². The van der Waals surface area contributed by atoms with E-state index in [0.29, 0.717) is 6.42 Å². The van der Waals surface area contributed by atoms with Crippen LogP contribution in [0.3, 0.4) is 0 Å². The maximum Gasteiger partial charge on any atom is 0.224 e. The summed E-state index contributed by atoms with van der Waals surface area (Å²) in [6, 6.07) is 16.5. The molecule has 1 amide bonds. The van der Waals surface area contributed by atoms with Crippen molar-refractivity contribution in [3.05, 3.63) is 54.1 Å². The Balaban J connectivity index is 1.38. The van der Waals surface area contributed by atoms with Crippen molar-refractivity contribution < 1.29 is 4.79 Å². The number of nitrogens with one attached hydrogen (secondary N) is 2. The fraction of sp³-hybridized carbons (Fsp3) is 0.435. The van der Waals surface area contributed by atoms with Crippen molar-refractivity contribution in [1.82, 2.24) is 0 Å². The zero-order chi connectivity index (χ0) is 19.6. The Kier molecular flexibility index (Phi) is 8.62. The smallest absolute Gasteiger partial charge is 0.224 e. The van der Waals surface area contributed by atoms with Gasteiger partial charge in [-0.05, 0) is 67.6 Å². The highest BCUT2D eigenvalue weighted by Crippen LogP contribution is 2.39. The molecule has 3 nitrogen and oxygen atoms in total. The Morgan fingerprint density at radius 2 is 1.68 bits per heavy atom. The summed E-state index contributed by atoms with van der Waals surface area (Å²) >= 11 is 0. The molecule has 0 aliphatic carbocycles. The van der Waals surface area contributed by atoms with Crippen LogP contribution in [0.1, 0.15) is 51.0 Å². The molecule has 3 rings (SSSR count). The van der Waals surface area contributed by atoms with E-state index in [2.05, 4.69) is 41.8 Å². The Bertz CT molecular complexity index is 725. The van der Waals surface area contributed by atoms with Gasteiger partial charge in [0, 0.05) is 34.5 Å². The van der Waals surface area contributed by atoms with Crippen LogP contribution in [0, 0.1) is 0 Å². The van der Waals surface area contributed by atoms with Gasteiger partial charge < -0.3 is 10.6 Å². The van der Waals surface area contributed by atoms with Crippen molar-refractivity contribution >= 4 is 44.6 Å². The van der Waals surface area contributed by atoms with E-state index in [1.54, 1.807) is 0 Å². The SMILES string of the molecule is CCCc1ccc(Nc2ccc(NC(=O)CCCCC3CCSS3)cc2)cc1. The first-order chi connectivity index (χ1) is 13.7. The van der Waals surface area contributed by atoms with E-state index in [0.717, 1.165) is 41.6 Å². The molecule has 1 aliphatic rings. The van der Waals surface area contributed by atoms with Crippen LogP contribution in [0.25, 0.3) is 0 Å². The lowest BCUT2D eigenvalue weighted by Gasteiger charge is -2.10. The molecule has 1 aliphatic heterocycles. The molecule has 1 fully saturated rings. The van der Waals surface area contributed by atoms with Crippen molar-refractivity contribution in [1.29, 1.82) is 0 Å². The Hall–Kier alpha value is -1.59. The first-order valence-corrected chi connectivity index (χ1v) is 12.7. The van der Waals surface area contributed by atoms with Gasteiger partial charge in [0.25, 0.3) is 0 Å². The first-order valence-electron chi connectivity index (χ1n) is 10.3. The third-order valence-corrected chi connectivity index (χ3v) is 7.86. The van der Waals surface area contributed by atoms with Crippen LogP contribution in [0.5, 0.6) is 0 Å². The summed E-state index contributed by atoms with van der Waals surface area (Å²) in [6.45, 7) is 2.20. The number of carbonyl (C=O) groups excluding carboxylic acids is 1. The highest BCUT2D eigenvalue weighted by Gasteiger charge is 2.15. The zero-order valence-electron chi connectivity index (χ0n) is 16.6. The largest absolute Gasteiger partial charge is 0.356 e. The van der Waals surface area contributed by atoms with Crippen LogP contribution >= 0.6 is 21.6 Å². The third kappa shape index (κ3) is 7.10. The van der Waals surface area contributed by atoms with E-state index in [-0.39, 0.29) is 5.91 Å². The topological polar surface area (TPSA) is 41.1 Å². The van der Waals surface area contributed by atoms with Crippen LogP contribution in [-0.2, 0) is 11.2 Å². The molecule has 2 N–H and O–H groups in total. The standard InChI is InChI=1S/C23H30N2OS2/c1-2-5-18-8-10-19(11-9-18)24-20-12-14-21(15-13-20)25-23(26)7-4-3-6-22-16-17-27-28-22/h8-15,22,24H,2-7,16-17H2,1H3,(H,25,26). The van der Waals surface area contributed by atoms with Crippen LogP contribution in [0.2, 0.25) is 0 Å². The number of unbranched alkanes of at least 4 members (excludes halogenated alkanes) is 1. The molecule has 2 aromatic rings. The van der Waals surface area contributed by atoms with Gasteiger partial charge in [0.2, 0.25) is 5.91 Å². The normalized spacial score (nSPS) is 16.1. The molecule has 1 saturated heterocycles. The van der Waals surface area contributed by atoms with Gasteiger partial charge in [-0.25, -0.2) is 0 Å². The maximum atomic E-state index is 12.1. The molecule has 1 atom stereocenters. The van der Waals surface area contributed by atoms with Crippen LogP contribution in [0.15, 0.2) is 48.5 Å². The maximum absolute atomic E-state index is 12.1. The van der Waals surface area contributed by atoms with Gasteiger partial charge in [0.15, 0.2) is 0 Å². The van der Waals surface area contributed by atoms with Crippen molar-refractivity contribution in [3.63, 3.8) is 0 Å². The molecule has 0 aromatic heterocycles. The minimum atomic E-state index is 0.112. The predicted octanol–water partition coefficient (Wildman–Crippen LogP) is 7.04. The summed E-state index contributed by atoms with van der Waals surface area (Å²) in [4.78, 5) is 12.1. The fourth-order valence-corrected chi connectivity index (χ4v) is 6.32. The minimum Gasteiger partial charge on any atom is -0.356 e. The van der Waals surface area contributed by atoms with Crippen LogP contribution in [0.4, 0.5) is 17.1 Å². The Morgan fingerprint density at radius 1 is 1.00 bits per heavy atom. The second-order valence-electron chi connectivity index (χ2n) is 7.27. The van der Waals surface area contributed by atoms with E-state index in [1.807, 2.05) is 45.9 Å². The van der Waals surface area contributed by atoms with E-state index >= 15 is 0 Å². The van der Waals surface area contributed by atoms with Gasteiger partial charge in [-0.1, -0.05) is 53.5 Å². The molecule has 5 heteroatoms. The highest BCUT2D eigenvalue weighted by molar-refractivity contribution is 8.77. The van der Waals surface area contributed by atoms with Crippen molar-refractivity contribution in [2.75, 3.05) is 16.4 Å². The molecule has 1 heterocycles. The summed E-state index contributed by atoms with van der Waals surface area (Å²) in [5.74, 6) is 1.39. The summed E-state index contributed by atoms with van der Waals surface area (Å²) in [5.41, 5.74) is 4.33. The number of anilines is 3.